The van der Waals surface area contributed by atoms with Gasteiger partial charge in [0.05, 0.1) is 38.6 Å². The summed E-state index contributed by atoms with van der Waals surface area (Å²) < 4.78 is 34.1. The monoisotopic (exact) mass is 1240 g/mol. The Hall–Kier alpha value is -3.81. The largest absolute Gasteiger partial charge is 0.394 e. The quantitative estimate of drug-likeness (QED) is 0.0206. The zero-order valence-electron chi connectivity index (χ0n) is 52.6. The van der Waals surface area contributed by atoms with E-state index in [2.05, 4.69) is 129 Å². The van der Waals surface area contributed by atoms with Gasteiger partial charge in [0.2, 0.25) is 5.91 Å². The number of hydrogen-bond donors (Lipinski definition) is 12. The van der Waals surface area contributed by atoms with Crippen LogP contribution >= 0.6 is 0 Å². The molecule has 0 spiro atoms. The van der Waals surface area contributed by atoms with Crippen LogP contribution in [0.2, 0.25) is 0 Å². The number of ether oxygens (including phenoxy) is 6. The lowest BCUT2D eigenvalue weighted by Crippen LogP contribution is -2.66. The molecule has 3 fully saturated rings. The maximum absolute atomic E-state index is 13.3. The second-order valence-electron chi connectivity index (χ2n) is 22.8. The first kappa shape index (κ1) is 78.4. The Bertz CT molecular complexity index is 2070. The van der Waals surface area contributed by atoms with Gasteiger partial charge in [-0.1, -0.05) is 200 Å². The van der Waals surface area contributed by atoms with Crippen LogP contribution in [-0.2, 0) is 33.2 Å². The Morgan fingerprint density at radius 3 is 1.27 bits per heavy atom. The molecule has 0 saturated carbocycles. The van der Waals surface area contributed by atoms with Gasteiger partial charge in [-0.3, -0.25) is 4.79 Å². The van der Waals surface area contributed by atoms with E-state index < -0.39 is 124 Å². The molecule has 502 valence electrons. The highest BCUT2D eigenvalue weighted by Crippen LogP contribution is 2.33. The molecule has 19 heteroatoms. The van der Waals surface area contributed by atoms with Gasteiger partial charge in [-0.25, -0.2) is 0 Å². The SMILES string of the molecule is CC/C=C\C/C=C\C/C=C\C/C=C\C/C=C\C/C=C\C/C=C\C/C=C\CCCCCCCCCCCCC(=O)NC(COC1OC(CO)C(OC2OC(CO)C(OC3OC(CO)C(O)C(O)C3O)C(O)C2O)C(O)C1O)C(O)/C=C/CC/C=C/CCCC. The summed E-state index contributed by atoms with van der Waals surface area (Å²) in [7, 11) is 0. The number of allylic oxidation sites excluding steroid dienone is 19. The first-order valence-corrected chi connectivity index (χ1v) is 32.8. The molecule has 88 heavy (non-hydrogen) atoms. The van der Waals surface area contributed by atoms with E-state index in [4.69, 9.17) is 28.4 Å². The van der Waals surface area contributed by atoms with Crippen molar-refractivity contribution in [3.8, 4) is 0 Å². The maximum Gasteiger partial charge on any atom is 0.220 e. The zero-order chi connectivity index (χ0) is 64.0. The number of aliphatic hydroxyl groups is 11. The smallest absolute Gasteiger partial charge is 0.220 e. The topological polar surface area (TPSA) is 307 Å². The lowest BCUT2D eigenvalue weighted by atomic mass is 9.96. The lowest BCUT2D eigenvalue weighted by molar-refractivity contribution is -0.379. The standard InChI is InChI=1S/C69H113NO18/c1-3-5-7-9-11-13-14-15-16-17-18-19-20-21-22-23-24-25-26-27-28-29-30-31-32-33-34-35-36-37-38-39-41-43-45-47-57(75)70-52(53(74)46-44-42-40-12-10-8-6-4-2)51-83-67-63(81)60(78)65(55(49-72)85-67)88-69-64(82)61(79)66(56(50-73)86-69)87-68-62(80)59(77)58(76)54(48-71)84-68/h5,7,10-13,15-16,18-19,21-22,24-25,27-28,30-31,44,46,52-56,58-69,71-74,76-82H,3-4,6,8-9,14,17,20,23,26,29,32-43,45,47-51H2,1-2H3,(H,70,75)/b7-5-,12-10+,13-11-,16-15-,19-18-,22-21-,25-24-,28-27-,31-30-,46-44+. The van der Waals surface area contributed by atoms with Crippen molar-refractivity contribution in [1.82, 2.24) is 5.32 Å². The predicted octanol–water partition coefficient (Wildman–Crippen LogP) is 7.65. The number of rotatable bonds is 47. The molecule has 0 bridgehead atoms. The fourth-order valence-corrected chi connectivity index (χ4v) is 10.1. The highest BCUT2D eigenvalue weighted by atomic mass is 16.8. The van der Waals surface area contributed by atoms with E-state index in [-0.39, 0.29) is 18.9 Å². The number of nitrogens with one attached hydrogen (secondary N) is 1. The van der Waals surface area contributed by atoms with Crippen LogP contribution in [0.15, 0.2) is 122 Å². The number of carbonyl (C=O) groups excluding carboxylic acids is 1. The van der Waals surface area contributed by atoms with Gasteiger partial charge in [-0.05, 0) is 89.9 Å². The van der Waals surface area contributed by atoms with Gasteiger partial charge in [0.1, 0.15) is 73.2 Å². The van der Waals surface area contributed by atoms with Crippen LogP contribution in [-0.4, -0.2) is 193 Å². The van der Waals surface area contributed by atoms with Gasteiger partial charge in [0.15, 0.2) is 18.9 Å². The molecule has 0 aliphatic carbocycles. The fraction of sp³-hybridized carbons (Fsp3) is 0.696. The van der Waals surface area contributed by atoms with Gasteiger partial charge < -0.3 is 89.9 Å². The molecule has 3 aliphatic heterocycles. The van der Waals surface area contributed by atoms with Gasteiger partial charge >= 0.3 is 0 Å². The number of hydrogen-bond acceptors (Lipinski definition) is 18. The molecule has 1 amide bonds. The molecular formula is C69H113NO18. The number of carbonyl (C=O) groups is 1. The van der Waals surface area contributed by atoms with E-state index in [9.17, 15) is 61.0 Å². The molecule has 17 unspecified atom stereocenters. The van der Waals surface area contributed by atoms with Crippen LogP contribution in [0.25, 0.3) is 0 Å². The van der Waals surface area contributed by atoms with Crippen molar-refractivity contribution >= 4 is 5.91 Å². The van der Waals surface area contributed by atoms with E-state index >= 15 is 0 Å². The van der Waals surface area contributed by atoms with Gasteiger partial charge in [-0.2, -0.15) is 0 Å². The van der Waals surface area contributed by atoms with E-state index in [1.807, 2.05) is 6.08 Å². The van der Waals surface area contributed by atoms with Crippen molar-refractivity contribution < 1.29 is 89.4 Å². The van der Waals surface area contributed by atoms with Crippen molar-refractivity contribution in [1.29, 1.82) is 0 Å². The predicted molar refractivity (Wildman–Crippen MR) is 341 cm³/mol. The Balaban J connectivity index is 1.34. The summed E-state index contributed by atoms with van der Waals surface area (Å²) in [6, 6.07) is -0.998. The molecule has 3 heterocycles. The Kier molecular flexibility index (Phi) is 44.4. The number of unbranched alkanes of at least 4 members (excludes halogenated alkanes) is 13. The Morgan fingerprint density at radius 2 is 0.795 bits per heavy atom. The normalized spacial score (nSPS) is 29.2. The fourth-order valence-electron chi connectivity index (χ4n) is 10.1. The molecule has 0 radical (unpaired) electrons. The summed E-state index contributed by atoms with van der Waals surface area (Å²) in [5.74, 6) is -0.301. The average Bonchev–Trinajstić information content (AvgIpc) is 1.15. The van der Waals surface area contributed by atoms with E-state index in [1.54, 1.807) is 6.08 Å². The lowest BCUT2D eigenvalue weighted by Gasteiger charge is -2.48. The molecule has 17 atom stereocenters. The van der Waals surface area contributed by atoms with Gasteiger partial charge in [0, 0.05) is 6.42 Å². The number of aliphatic hydroxyl groups excluding tert-OH is 11. The Morgan fingerprint density at radius 1 is 0.420 bits per heavy atom. The van der Waals surface area contributed by atoms with Crippen LogP contribution < -0.4 is 5.32 Å². The third-order valence-electron chi connectivity index (χ3n) is 15.5. The molecule has 0 aromatic carbocycles. The molecule has 19 nitrogen and oxygen atoms in total. The highest BCUT2D eigenvalue weighted by molar-refractivity contribution is 5.76. The summed E-state index contributed by atoms with van der Waals surface area (Å²) in [5.41, 5.74) is 0. The maximum atomic E-state index is 13.3. The minimum absolute atomic E-state index is 0.221. The first-order chi connectivity index (χ1) is 42.8. The summed E-state index contributed by atoms with van der Waals surface area (Å²) in [6.07, 6.45) is 40.9. The zero-order valence-corrected chi connectivity index (χ0v) is 52.6. The molecule has 0 aromatic heterocycles. The van der Waals surface area contributed by atoms with Crippen molar-refractivity contribution in [3.63, 3.8) is 0 Å². The van der Waals surface area contributed by atoms with E-state index in [0.717, 1.165) is 109 Å². The first-order valence-electron chi connectivity index (χ1n) is 32.8. The second-order valence-corrected chi connectivity index (χ2v) is 22.8. The van der Waals surface area contributed by atoms with Crippen molar-refractivity contribution in [2.45, 2.75) is 279 Å². The van der Waals surface area contributed by atoms with Crippen LogP contribution in [0.3, 0.4) is 0 Å². The summed E-state index contributed by atoms with van der Waals surface area (Å²) >= 11 is 0. The third-order valence-corrected chi connectivity index (χ3v) is 15.5. The third kappa shape index (κ3) is 32.0. The second kappa shape index (κ2) is 49.8. The summed E-state index contributed by atoms with van der Waals surface area (Å²) in [6.45, 7) is 1.47. The van der Waals surface area contributed by atoms with E-state index in [1.165, 1.54) is 32.1 Å². The molecule has 3 aliphatic rings. The van der Waals surface area contributed by atoms with Crippen molar-refractivity contribution in [2.24, 2.45) is 0 Å². The van der Waals surface area contributed by atoms with Crippen LogP contribution in [0.1, 0.15) is 174 Å². The van der Waals surface area contributed by atoms with Crippen LogP contribution in [0.5, 0.6) is 0 Å². The average molecular weight is 1240 g/mol. The number of amides is 1. The minimum Gasteiger partial charge on any atom is -0.394 e. The van der Waals surface area contributed by atoms with Crippen molar-refractivity contribution in [2.75, 3.05) is 26.4 Å². The molecular weight excluding hydrogens is 1130 g/mol. The van der Waals surface area contributed by atoms with Crippen LogP contribution in [0.4, 0.5) is 0 Å². The highest BCUT2D eigenvalue weighted by Gasteiger charge is 2.53. The molecule has 3 saturated heterocycles. The van der Waals surface area contributed by atoms with Gasteiger partial charge in [-0.15, -0.1) is 0 Å². The molecule has 12 N–H and O–H groups in total. The van der Waals surface area contributed by atoms with Crippen molar-refractivity contribution in [3.05, 3.63) is 122 Å². The minimum atomic E-state index is -1.99. The van der Waals surface area contributed by atoms with E-state index in [0.29, 0.717) is 12.8 Å². The Labute approximate surface area is 525 Å². The molecule has 0 aromatic rings. The molecule has 3 rings (SSSR count). The summed E-state index contributed by atoms with van der Waals surface area (Å²) in [5, 5.41) is 120. The summed E-state index contributed by atoms with van der Waals surface area (Å²) in [4.78, 5) is 13.3. The van der Waals surface area contributed by atoms with Gasteiger partial charge in [0.25, 0.3) is 0 Å². The van der Waals surface area contributed by atoms with Crippen LogP contribution in [0, 0.1) is 0 Å².